The maximum Gasteiger partial charge on any atom is 0.405 e. The summed E-state index contributed by atoms with van der Waals surface area (Å²) in [6, 6.07) is -0.414. The fourth-order valence-corrected chi connectivity index (χ4v) is 1.15. The van der Waals surface area contributed by atoms with Crippen molar-refractivity contribution >= 4 is 23.3 Å². The predicted octanol–water partition coefficient (Wildman–Crippen LogP) is 0.955. The summed E-state index contributed by atoms with van der Waals surface area (Å²) in [6.07, 6.45) is -0.254. The summed E-state index contributed by atoms with van der Waals surface area (Å²) in [5, 5.41) is 10.7. The maximum atomic E-state index is 10.3. The Labute approximate surface area is 77.1 Å². The van der Waals surface area contributed by atoms with E-state index in [0.717, 1.165) is 6.42 Å². The Morgan fingerprint density at radius 3 is 2.50 bits per heavy atom. The van der Waals surface area contributed by atoms with Crippen molar-refractivity contribution in [2.24, 2.45) is 11.7 Å². The lowest BCUT2D eigenvalue weighted by atomic mass is 9.99. The van der Waals surface area contributed by atoms with Gasteiger partial charge in [-0.3, -0.25) is 0 Å². The highest BCUT2D eigenvalue weighted by Crippen LogP contribution is 2.07. The molecule has 0 fully saturated rings. The molecule has 0 spiro atoms. The topological polar surface area (TPSA) is 75.3 Å². The minimum atomic E-state index is -1.09. The zero-order chi connectivity index (χ0) is 9.72. The maximum absolute atomic E-state index is 10.3. The standard InChI is InChI=1S/C7H14N2O2S/c1-3-4(2)5(6(8)12)9-7(10)11/h4-5,9H,3H2,1-2H3,(H2,8,12)(H,10,11)/t4?,5-/m0/s1. The van der Waals surface area contributed by atoms with Crippen molar-refractivity contribution in [1.82, 2.24) is 5.32 Å². The molecule has 0 aliphatic carbocycles. The van der Waals surface area contributed by atoms with Gasteiger partial charge in [-0.1, -0.05) is 32.5 Å². The zero-order valence-electron chi connectivity index (χ0n) is 7.20. The van der Waals surface area contributed by atoms with E-state index in [1.54, 1.807) is 0 Å². The number of thiocarbonyl (C=S) groups is 1. The van der Waals surface area contributed by atoms with Gasteiger partial charge in [0, 0.05) is 0 Å². The van der Waals surface area contributed by atoms with E-state index in [1.807, 2.05) is 13.8 Å². The molecule has 0 aromatic heterocycles. The molecule has 1 amide bonds. The Kier molecular flexibility index (Phi) is 4.58. The van der Waals surface area contributed by atoms with E-state index in [2.05, 4.69) is 5.32 Å². The number of hydrogen-bond donors (Lipinski definition) is 3. The fourth-order valence-electron chi connectivity index (χ4n) is 0.863. The van der Waals surface area contributed by atoms with Gasteiger partial charge < -0.3 is 16.2 Å². The van der Waals surface area contributed by atoms with Crippen LogP contribution >= 0.6 is 12.2 Å². The van der Waals surface area contributed by atoms with Crippen LogP contribution in [0.3, 0.4) is 0 Å². The average Bonchev–Trinajstić information content (AvgIpc) is 1.98. The van der Waals surface area contributed by atoms with Gasteiger partial charge in [-0.2, -0.15) is 0 Å². The molecule has 5 heteroatoms. The molecular formula is C7H14N2O2S. The van der Waals surface area contributed by atoms with Gasteiger partial charge in [0.15, 0.2) is 0 Å². The van der Waals surface area contributed by atoms with E-state index < -0.39 is 12.1 Å². The molecule has 0 saturated carbocycles. The molecule has 12 heavy (non-hydrogen) atoms. The smallest absolute Gasteiger partial charge is 0.405 e. The lowest BCUT2D eigenvalue weighted by Crippen LogP contribution is -2.46. The number of hydrogen-bond acceptors (Lipinski definition) is 2. The van der Waals surface area contributed by atoms with Crippen LogP contribution in [0.5, 0.6) is 0 Å². The molecular weight excluding hydrogens is 176 g/mol. The second kappa shape index (κ2) is 4.92. The molecule has 0 saturated heterocycles. The van der Waals surface area contributed by atoms with E-state index in [4.69, 9.17) is 23.1 Å². The van der Waals surface area contributed by atoms with E-state index in [1.165, 1.54) is 0 Å². The van der Waals surface area contributed by atoms with Crippen LogP contribution in [-0.2, 0) is 0 Å². The molecule has 1 unspecified atom stereocenters. The lowest BCUT2D eigenvalue weighted by molar-refractivity contribution is 0.189. The summed E-state index contributed by atoms with van der Waals surface area (Å²) < 4.78 is 0. The predicted molar refractivity (Wildman–Crippen MR) is 51.2 cm³/mol. The second-order valence-corrected chi connectivity index (χ2v) is 3.19. The third-order valence-corrected chi connectivity index (χ3v) is 2.05. The fraction of sp³-hybridized carbons (Fsp3) is 0.714. The van der Waals surface area contributed by atoms with Crippen LogP contribution in [0.1, 0.15) is 20.3 Å². The minimum Gasteiger partial charge on any atom is -0.465 e. The van der Waals surface area contributed by atoms with Gasteiger partial charge in [-0.15, -0.1) is 0 Å². The van der Waals surface area contributed by atoms with Gasteiger partial charge in [-0.05, 0) is 5.92 Å². The minimum absolute atomic E-state index is 0.138. The molecule has 4 N–H and O–H groups in total. The van der Waals surface area contributed by atoms with Gasteiger partial charge in [0.1, 0.15) is 0 Å². The molecule has 0 aromatic carbocycles. The Morgan fingerprint density at radius 1 is 1.75 bits per heavy atom. The Hall–Kier alpha value is -0.840. The third kappa shape index (κ3) is 3.52. The molecule has 0 aromatic rings. The SMILES string of the molecule is CCC(C)[C@H](NC(=O)O)C(N)=S. The molecule has 70 valence electrons. The molecule has 0 bridgehead atoms. The van der Waals surface area contributed by atoms with Gasteiger partial charge >= 0.3 is 6.09 Å². The van der Waals surface area contributed by atoms with E-state index >= 15 is 0 Å². The summed E-state index contributed by atoms with van der Waals surface area (Å²) in [7, 11) is 0. The molecule has 0 radical (unpaired) electrons. The Morgan fingerprint density at radius 2 is 2.25 bits per heavy atom. The molecule has 4 nitrogen and oxygen atoms in total. The Balaban J connectivity index is 4.22. The highest BCUT2D eigenvalue weighted by atomic mass is 32.1. The summed E-state index contributed by atoms with van der Waals surface area (Å²) in [5.41, 5.74) is 5.37. The van der Waals surface area contributed by atoms with Crippen LogP contribution in [0.4, 0.5) is 4.79 Å². The monoisotopic (exact) mass is 190 g/mol. The van der Waals surface area contributed by atoms with Crippen molar-refractivity contribution in [2.45, 2.75) is 26.3 Å². The third-order valence-electron chi connectivity index (χ3n) is 1.80. The molecule has 0 aliphatic heterocycles. The number of amides is 1. The van der Waals surface area contributed by atoms with Crippen LogP contribution in [0.2, 0.25) is 0 Å². The normalized spacial score (nSPS) is 14.8. The van der Waals surface area contributed by atoms with Gasteiger partial charge in [-0.25, -0.2) is 4.79 Å². The molecule has 2 atom stereocenters. The number of nitrogens with one attached hydrogen (secondary N) is 1. The highest BCUT2D eigenvalue weighted by Gasteiger charge is 2.19. The number of rotatable bonds is 4. The van der Waals surface area contributed by atoms with Crippen LogP contribution in [-0.4, -0.2) is 22.2 Å². The van der Waals surface area contributed by atoms with Crippen LogP contribution < -0.4 is 11.1 Å². The summed E-state index contributed by atoms with van der Waals surface area (Å²) >= 11 is 4.73. The van der Waals surface area contributed by atoms with Crippen molar-refractivity contribution in [3.05, 3.63) is 0 Å². The van der Waals surface area contributed by atoms with Crippen molar-refractivity contribution in [3.63, 3.8) is 0 Å². The second-order valence-electron chi connectivity index (χ2n) is 2.72. The largest absolute Gasteiger partial charge is 0.465 e. The van der Waals surface area contributed by atoms with Crippen LogP contribution in [0.25, 0.3) is 0 Å². The van der Waals surface area contributed by atoms with Crippen LogP contribution in [0.15, 0.2) is 0 Å². The van der Waals surface area contributed by atoms with Crippen molar-refractivity contribution in [1.29, 1.82) is 0 Å². The zero-order valence-corrected chi connectivity index (χ0v) is 8.02. The quantitative estimate of drug-likeness (QED) is 0.577. The average molecular weight is 190 g/mol. The summed E-state index contributed by atoms with van der Waals surface area (Å²) in [6.45, 7) is 3.86. The lowest BCUT2D eigenvalue weighted by Gasteiger charge is -2.21. The molecule has 0 rings (SSSR count). The van der Waals surface area contributed by atoms with Crippen molar-refractivity contribution < 1.29 is 9.90 Å². The first kappa shape index (κ1) is 11.2. The van der Waals surface area contributed by atoms with Gasteiger partial charge in [0.05, 0.1) is 11.0 Å². The van der Waals surface area contributed by atoms with E-state index in [0.29, 0.717) is 0 Å². The number of nitrogens with two attached hydrogens (primary N) is 1. The number of carboxylic acid groups (broad SMARTS) is 1. The van der Waals surface area contributed by atoms with Crippen molar-refractivity contribution in [3.8, 4) is 0 Å². The number of carbonyl (C=O) groups is 1. The van der Waals surface area contributed by atoms with Crippen molar-refractivity contribution in [2.75, 3.05) is 0 Å². The summed E-state index contributed by atoms with van der Waals surface area (Å²) in [4.78, 5) is 10.5. The first-order valence-electron chi connectivity index (χ1n) is 3.77. The Bertz CT molecular complexity index is 184. The van der Waals surface area contributed by atoms with Crippen LogP contribution in [0, 0.1) is 5.92 Å². The van der Waals surface area contributed by atoms with Gasteiger partial charge in [0.25, 0.3) is 0 Å². The molecule has 0 aliphatic rings. The summed E-state index contributed by atoms with van der Waals surface area (Å²) in [5.74, 6) is 0.138. The van der Waals surface area contributed by atoms with E-state index in [-0.39, 0.29) is 10.9 Å². The first-order chi connectivity index (χ1) is 5.49. The highest BCUT2D eigenvalue weighted by molar-refractivity contribution is 7.80. The first-order valence-corrected chi connectivity index (χ1v) is 4.18. The van der Waals surface area contributed by atoms with E-state index in [9.17, 15) is 4.79 Å². The van der Waals surface area contributed by atoms with Gasteiger partial charge in [0.2, 0.25) is 0 Å². The molecule has 0 heterocycles.